The van der Waals surface area contributed by atoms with Gasteiger partial charge in [-0.1, -0.05) is 24.3 Å². The normalized spacial score (nSPS) is 10.3. The van der Waals surface area contributed by atoms with E-state index in [4.69, 9.17) is 4.74 Å². The first-order valence-corrected chi connectivity index (χ1v) is 8.64. The Balaban J connectivity index is 1.76. The summed E-state index contributed by atoms with van der Waals surface area (Å²) in [6, 6.07) is 13.3. The molecule has 0 bridgehead atoms. The van der Waals surface area contributed by atoms with Crippen LogP contribution in [0, 0.1) is 13.8 Å². The number of carbonyl (C=O) groups excluding carboxylic acids is 2. The molecular weight excluding hydrogens is 328 g/mol. The lowest BCUT2D eigenvalue weighted by Crippen LogP contribution is -2.24. The molecule has 138 valence electrons. The third-order valence-corrected chi connectivity index (χ3v) is 4.03. The van der Waals surface area contributed by atoms with Gasteiger partial charge in [-0.3, -0.25) is 9.59 Å². The van der Waals surface area contributed by atoms with Crippen LogP contribution in [-0.4, -0.2) is 37.4 Å². The first kappa shape index (κ1) is 19.5. The molecule has 1 N–H and O–H groups in total. The lowest BCUT2D eigenvalue weighted by molar-refractivity contribution is -0.121. The third kappa shape index (κ3) is 5.62. The Morgan fingerprint density at radius 2 is 1.73 bits per heavy atom. The maximum atomic E-state index is 12.0. The van der Waals surface area contributed by atoms with E-state index in [1.54, 1.807) is 26.2 Å². The molecule has 2 aromatic rings. The highest BCUT2D eigenvalue weighted by Crippen LogP contribution is 2.19. The molecule has 5 heteroatoms. The Morgan fingerprint density at radius 3 is 2.38 bits per heavy atom. The van der Waals surface area contributed by atoms with Crippen LogP contribution in [-0.2, 0) is 11.3 Å². The van der Waals surface area contributed by atoms with Crippen molar-refractivity contribution in [1.29, 1.82) is 0 Å². The van der Waals surface area contributed by atoms with Gasteiger partial charge in [0, 0.05) is 26.2 Å². The van der Waals surface area contributed by atoms with E-state index < -0.39 is 0 Å². The van der Waals surface area contributed by atoms with Crippen LogP contribution in [0.15, 0.2) is 42.5 Å². The van der Waals surface area contributed by atoms with Gasteiger partial charge in [0.2, 0.25) is 5.91 Å². The van der Waals surface area contributed by atoms with Crippen molar-refractivity contribution in [3.63, 3.8) is 0 Å². The number of rotatable bonds is 7. The zero-order valence-electron chi connectivity index (χ0n) is 15.8. The number of hydrogen-bond acceptors (Lipinski definition) is 3. The number of aryl methyl sites for hydroxylation is 2. The second kappa shape index (κ2) is 9.04. The summed E-state index contributed by atoms with van der Waals surface area (Å²) >= 11 is 0. The molecule has 0 unspecified atom stereocenters. The molecule has 0 saturated heterocycles. The summed E-state index contributed by atoms with van der Waals surface area (Å²) < 4.78 is 5.70. The molecule has 0 radical (unpaired) electrons. The fourth-order valence-electron chi connectivity index (χ4n) is 2.43. The van der Waals surface area contributed by atoms with Gasteiger partial charge in [0.05, 0.1) is 13.0 Å². The van der Waals surface area contributed by atoms with E-state index in [9.17, 15) is 9.59 Å². The monoisotopic (exact) mass is 354 g/mol. The summed E-state index contributed by atoms with van der Waals surface area (Å²) in [6.45, 7) is 4.76. The second-order valence-electron chi connectivity index (χ2n) is 6.54. The van der Waals surface area contributed by atoms with Crippen LogP contribution in [0.1, 0.15) is 33.5 Å². The first-order chi connectivity index (χ1) is 12.4. The highest BCUT2D eigenvalue weighted by atomic mass is 16.5. The Kier molecular flexibility index (Phi) is 6.78. The standard InChI is InChI=1S/C21H26N2O3/c1-15-5-6-16(2)19(13-15)26-12-11-20(24)22-14-17-7-9-18(10-8-17)21(25)23(3)4/h5-10,13H,11-12,14H2,1-4H3,(H,22,24). The zero-order chi connectivity index (χ0) is 19.1. The van der Waals surface area contributed by atoms with E-state index in [2.05, 4.69) is 5.32 Å². The minimum atomic E-state index is -0.0660. The van der Waals surface area contributed by atoms with Crippen LogP contribution in [0.2, 0.25) is 0 Å². The molecule has 0 heterocycles. The van der Waals surface area contributed by atoms with E-state index in [-0.39, 0.29) is 11.8 Å². The Hall–Kier alpha value is -2.82. The van der Waals surface area contributed by atoms with Gasteiger partial charge < -0.3 is 15.0 Å². The fraction of sp³-hybridized carbons (Fsp3) is 0.333. The van der Waals surface area contributed by atoms with Crippen molar-refractivity contribution < 1.29 is 14.3 Å². The number of nitrogens with one attached hydrogen (secondary N) is 1. The van der Waals surface area contributed by atoms with Crippen molar-refractivity contribution in [2.24, 2.45) is 0 Å². The lowest BCUT2D eigenvalue weighted by Gasteiger charge is -2.11. The fourth-order valence-corrected chi connectivity index (χ4v) is 2.43. The molecule has 26 heavy (non-hydrogen) atoms. The van der Waals surface area contributed by atoms with Crippen LogP contribution in [0.5, 0.6) is 5.75 Å². The van der Waals surface area contributed by atoms with E-state index in [0.29, 0.717) is 25.1 Å². The van der Waals surface area contributed by atoms with Crippen molar-refractivity contribution in [3.8, 4) is 5.75 Å². The Labute approximate surface area is 155 Å². The molecule has 0 spiro atoms. The summed E-state index contributed by atoms with van der Waals surface area (Å²) in [6.07, 6.45) is 0.296. The summed E-state index contributed by atoms with van der Waals surface area (Å²) in [7, 11) is 3.44. The maximum Gasteiger partial charge on any atom is 0.253 e. The topological polar surface area (TPSA) is 58.6 Å². The predicted octanol–water partition coefficient (Wildman–Crippen LogP) is 3.09. The molecule has 0 fully saturated rings. The Bertz CT molecular complexity index is 767. The average molecular weight is 354 g/mol. The number of carbonyl (C=O) groups is 2. The zero-order valence-corrected chi connectivity index (χ0v) is 15.8. The van der Waals surface area contributed by atoms with Gasteiger partial charge in [-0.25, -0.2) is 0 Å². The quantitative estimate of drug-likeness (QED) is 0.831. The molecule has 0 atom stereocenters. The van der Waals surface area contributed by atoms with Gasteiger partial charge in [-0.2, -0.15) is 0 Å². The van der Waals surface area contributed by atoms with Crippen LogP contribution in [0.3, 0.4) is 0 Å². The lowest BCUT2D eigenvalue weighted by atomic mass is 10.1. The van der Waals surface area contributed by atoms with Crippen molar-refractivity contribution in [3.05, 3.63) is 64.7 Å². The molecule has 0 aliphatic rings. The largest absolute Gasteiger partial charge is 0.493 e. The molecule has 0 saturated carbocycles. The minimum absolute atomic E-state index is 0.0378. The minimum Gasteiger partial charge on any atom is -0.493 e. The number of ether oxygens (including phenoxy) is 1. The van der Waals surface area contributed by atoms with Gasteiger partial charge in [0.1, 0.15) is 5.75 Å². The van der Waals surface area contributed by atoms with Crippen molar-refractivity contribution in [2.75, 3.05) is 20.7 Å². The average Bonchev–Trinajstić information content (AvgIpc) is 2.62. The summed E-state index contributed by atoms with van der Waals surface area (Å²) in [4.78, 5) is 25.3. The Morgan fingerprint density at radius 1 is 1.04 bits per heavy atom. The van der Waals surface area contributed by atoms with E-state index >= 15 is 0 Å². The SMILES string of the molecule is Cc1ccc(C)c(OCCC(=O)NCc2ccc(C(=O)N(C)C)cc2)c1. The van der Waals surface area contributed by atoms with E-state index in [1.807, 2.05) is 44.2 Å². The van der Waals surface area contributed by atoms with Crippen molar-refractivity contribution in [2.45, 2.75) is 26.8 Å². The van der Waals surface area contributed by atoms with Crippen LogP contribution < -0.4 is 10.1 Å². The molecule has 2 rings (SSSR count). The molecule has 5 nitrogen and oxygen atoms in total. The molecule has 0 aromatic heterocycles. The first-order valence-electron chi connectivity index (χ1n) is 8.64. The van der Waals surface area contributed by atoms with Gasteiger partial charge in [0.25, 0.3) is 5.91 Å². The highest BCUT2D eigenvalue weighted by Gasteiger charge is 2.08. The highest BCUT2D eigenvalue weighted by molar-refractivity contribution is 5.93. The van der Waals surface area contributed by atoms with Crippen LogP contribution >= 0.6 is 0 Å². The number of benzene rings is 2. The van der Waals surface area contributed by atoms with Gasteiger partial charge in [-0.15, -0.1) is 0 Å². The molecule has 2 amide bonds. The van der Waals surface area contributed by atoms with Gasteiger partial charge in [-0.05, 0) is 48.7 Å². The molecular formula is C21H26N2O3. The number of nitrogens with zero attached hydrogens (tertiary/aromatic N) is 1. The van der Waals surface area contributed by atoms with Gasteiger partial charge >= 0.3 is 0 Å². The molecule has 0 aliphatic heterocycles. The predicted molar refractivity (Wildman–Crippen MR) is 102 cm³/mol. The van der Waals surface area contributed by atoms with E-state index in [1.165, 1.54) is 4.90 Å². The second-order valence-corrected chi connectivity index (χ2v) is 6.54. The van der Waals surface area contributed by atoms with E-state index in [0.717, 1.165) is 22.4 Å². The molecule has 0 aliphatic carbocycles. The summed E-state index contributed by atoms with van der Waals surface area (Å²) in [5.41, 5.74) is 3.77. The van der Waals surface area contributed by atoms with Gasteiger partial charge in [0.15, 0.2) is 0 Å². The third-order valence-electron chi connectivity index (χ3n) is 4.03. The summed E-state index contributed by atoms with van der Waals surface area (Å²) in [5, 5.41) is 2.87. The number of hydrogen-bond donors (Lipinski definition) is 1. The molecule has 2 aromatic carbocycles. The summed E-state index contributed by atoms with van der Waals surface area (Å²) in [5.74, 6) is 0.715. The van der Waals surface area contributed by atoms with Crippen LogP contribution in [0.4, 0.5) is 0 Å². The maximum absolute atomic E-state index is 12.0. The number of amides is 2. The van der Waals surface area contributed by atoms with Crippen LogP contribution in [0.25, 0.3) is 0 Å². The van der Waals surface area contributed by atoms with Crippen molar-refractivity contribution >= 4 is 11.8 Å². The smallest absolute Gasteiger partial charge is 0.253 e. The van der Waals surface area contributed by atoms with Crippen molar-refractivity contribution in [1.82, 2.24) is 10.2 Å².